The number of methoxy groups -OCH3 is 1. The van der Waals surface area contributed by atoms with Crippen molar-refractivity contribution in [1.29, 1.82) is 0 Å². The molecule has 0 saturated carbocycles. The van der Waals surface area contributed by atoms with E-state index in [1.165, 1.54) is 0 Å². The fourth-order valence-electron chi connectivity index (χ4n) is 6.04. The summed E-state index contributed by atoms with van der Waals surface area (Å²) < 4.78 is 5.26. The number of nitrogens with one attached hydrogen (secondary N) is 1. The topological polar surface area (TPSA) is 61.9 Å². The number of carbonyl (C=O) groups is 2. The van der Waals surface area contributed by atoms with Crippen LogP contribution in [0.3, 0.4) is 0 Å². The molecule has 3 aromatic carbocycles. The van der Waals surface area contributed by atoms with Crippen LogP contribution in [0.15, 0.2) is 78.9 Å². The third-order valence-corrected chi connectivity index (χ3v) is 8.90. The van der Waals surface area contributed by atoms with Crippen molar-refractivity contribution in [3.05, 3.63) is 101 Å². The van der Waals surface area contributed by atoms with Gasteiger partial charge in [0.1, 0.15) is 5.75 Å². The monoisotopic (exact) mass is 559 g/mol. The number of hydrogen-bond acceptors (Lipinski definition) is 4. The minimum Gasteiger partial charge on any atom is -0.497 e. The van der Waals surface area contributed by atoms with E-state index in [-0.39, 0.29) is 23.8 Å². The predicted octanol–water partition coefficient (Wildman–Crippen LogP) is 5.65. The summed E-state index contributed by atoms with van der Waals surface area (Å²) in [6.07, 6.45) is 3.77. The zero-order valence-electron chi connectivity index (χ0n) is 23.2. The second kappa shape index (κ2) is 12.9. The van der Waals surface area contributed by atoms with Gasteiger partial charge >= 0.3 is 0 Å². The Morgan fingerprint density at radius 2 is 1.62 bits per heavy atom. The summed E-state index contributed by atoms with van der Waals surface area (Å²) in [6, 6.07) is 25.5. The minimum absolute atomic E-state index is 0.0342. The SMILES string of the molecule is COc1ccc(CN2CCC3(CCN(CCC(NC(=O)Cc4ccccc4Cl)c4ccccc4)CC3)C2=O)cc1. The van der Waals surface area contributed by atoms with Crippen molar-refractivity contribution in [2.24, 2.45) is 5.41 Å². The maximum Gasteiger partial charge on any atom is 0.229 e. The lowest BCUT2D eigenvalue weighted by atomic mass is 9.77. The molecule has 7 heteroatoms. The molecule has 1 unspecified atom stereocenters. The Morgan fingerprint density at radius 3 is 2.33 bits per heavy atom. The summed E-state index contributed by atoms with van der Waals surface area (Å²) in [6.45, 7) is 4.14. The zero-order chi connectivity index (χ0) is 28.0. The van der Waals surface area contributed by atoms with Crippen LogP contribution in [0.1, 0.15) is 48.4 Å². The number of amides is 2. The Hall–Kier alpha value is -3.35. The quantitative estimate of drug-likeness (QED) is 0.348. The van der Waals surface area contributed by atoms with Gasteiger partial charge in [0.25, 0.3) is 0 Å². The van der Waals surface area contributed by atoms with Crippen molar-refractivity contribution in [2.75, 3.05) is 33.3 Å². The van der Waals surface area contributed by atoms with Gasteiger partial charge in [-0.3, -0.25) is 9.59 Å². The van der Waals surface area contributed by atoms with Crippen molar-refractivity contribution in [2.45, 2.75) is 44.7 Å². The summed E-state index contributed by atoms with van der Waals surface area (Å²) in [5.74, 6) is 1.10. The number of rotatable bonds is 10. The summed E-state index contributed by atoms with van der Waals surface area (Å²) in [4.78, 5) is 30.9. The Kier molecular flexibility index (Phi) is 9.08. The molecule has 1 N–H and O–H groups in total. The first-order chi connectivity index (χ1) is 19.5. The summed E-state index contributed by atoms with van der Waals surface area (Å²) >= 11 is 6.29. The van der Waals surface area contributed by atoms with E-state index in [2.05, 4.69) is 22.3 Å². The summed E-state index contributed by atoms with van der Waals surface area (Å²) in [5, 5.41) is 3.86. The fraction of sp³-hybridized carbons (Fsp3) is 0.394. The Labute approximate surface area is 242 Å². The number of piperidine rings is 1. The molecular weight excluding hydrogens is 522 g/mol. The number of benzene rings is 3. The maximum atomic E-state index is 13.5. The van der Waals surface area contributed by atoms with Gasteiger partial charge in [-0.15, -0.1) is 0 Å². The van der Waals surface area contributed by atoms with Crippen LogP contribution in [0.2, 0.25) is 5.02 Å². The van der Waals surface area contributed by atoms with Crippen LogP contribution in [0.5, 0.6) is 5.75 Å². The highest BCUT2D eigenvalue weighted by Gasteiger charge is 2.47. The Balaban J connectivity index is 1.15. The standard InChI is InChI=1S/C33H38ClN3O3/c1-40-28-13-11-25(12-14-28)24-37-22-18-33(32(37)39)16-20-36(21-17-33)19-15-30(26-7-3-2-4-8-26)35-31(38)23-27-9-5-6-10-29(27)34/h2-14,30H,15-24H2,1H3,(H,35,38). The average molecular weight is 560 g/mol. The fourth-order valence-corrected chi connectivity index (χ4v) is 6.25. The lowest BCUT2D eigenvalue weighted by Gasteiger charge is -2.38. The molecule has 210 valence electrons. The van der Waals surface area contributed by atoms with E-state index in [0.29, 0.717) is 17.5 Å². The van der Waals surface area contributed by atoms with Crippen molar-refractivity contribution >= 4 is 23.4 Å². The molecule has 0 aromatic heterocycles. The van der Waals surface area contributed by atoms with E-state index in [9.17, 15) is 9.59 Å². The van der Waals surface area contributed by atoms with Crippen LogP contribution < -0.4 is 10.1 Å². The molecule has 2 fully saturated rings. The van der Waals surface area contributed by atoms with Gasteiger partial charge < -0.3 is 19.9 Å². The highest BCUT2D eigenvalue weighted by molar-refractivity contribution is 6.31. The van der Waals surface area contributed by atoms with Crippen LogP contribution in [0, 0.1) is 5.41 Å². The van der Waals surface area contributed by atoms with E-state index in [0.717, 1.165) is 74.3 Å². The van der Waals surface area contributed by atoms with E-state index in [1.807, 2.05) is 71.6 Å². The molecule has 3 aromatic rings. The highest BCUT2D eigenvalue weighted by atomic mass is 35.5. The summed E-state index contributed by atoms with van der Waals surface area (Å²) in [5.41, 5.74) is 2.83. The number of hydrogen-bond donors (Lipinski definition) is 1. The minimum atomic E-state index is -0.231. The maximum absolute atomic E-state index is 13.5. The molecule has 0 aliphatic carbocycles. The van der Waals surface area contributed by atoms with Gasteiger partial charge in [-0.2, -0.15) is 0 Å². The van der Waals surface area contributed by atoms with Gasteiger partial charge in [-0.25, -0.2) is 0 Å². The molecular formula is C33H38ClN3O3. The molecule has 5 rings (SSSR count). The van der Waals surface area contributed by atoms with Gasteiger partial charge in [-0.05, 0) is 73.7 Å². The van der Waals surface area contributed by atoms with Gasteiger partial charge in [0.05, 0.1) is 25.0 Å². The first-order valence-corrected chi connectivity index (χ1v) is 14.6. The normalized spacial score (nSPS) is 17.6. The zero-order valence-corrected chi connectivity index (χ0v) is 23.9. The molecule has 2 saturated heterocycles. The molecule has 0 bridgehead atoms. The van der Waals surface area contributed by atoms with Crippen LogP contribution in [-0.4, -0.2) is 54.9 Å². The predicted molar refractivity (Wildman–Crippen MR) is 158 cm³/mol. The molecule has 40 heavy (non-hydrogen) atoms. The molecule has 2 aliphatic rings. The average Bonchev–Trinajstić information content (AvgIpc) is 3.28. The van der Waals surface area contributed by atoms with E-state index < -0.39 is 0 Å². The second-order valence-electron chi connectivity index (χ2n) is 11.0. The van der Waals surface area contributed by atoms with E-state index in [1.54, 1.807) is 7.11 Å². The van der Waals surface area contributed by atoms with Crippen LogP contribution in [-0.2, 0) is 22.6 Å². The highest BCUT2D eigenvalue weighted by Crippen LogP contribution is 2.42. The van der Waals surface area contributed by atoms with Gasteiger partial charge in [0, 0.05) is 24.7 Å². The van der Waals surface area contributed by atoms with Crippen molar-refractivity contribution < 1.29 is 14.3 Å². The van der Waals surface area contributed by atoms with Gasteiger partial charge in [0.15, 0.2) is 0 Å². The van der Waals surface area contributed by atoms with Gasteiger partial charge in [0.2, 0.25) is 11.8 Å². The lowest BCUT2D eigenvalue weighted by Crippen LogP contribution is -2.45. The van der Waals surface area contributed by atoms with Crippen LogP contribution in [0.4, 0.5) is 0 Å². The van der Waals surface area contributed by atoms with E-state index in [4.69, 9.17) is 16.3 Å². The number of carbonyl (C=O) groups excluding carboxylic acids is 2. The largest absolute Gasteiger partial charge is 0.497 e. The molecule has 2 amide bonds. The molecule has 0 radical (unpaired) electrons. The molecule has 1 spiro atoms. The third kappa shape index (κ3) is 6.68. The van der Waals surface area contributed by atoms with Crippen LogP contribution >= 0.6 is 11.6 Å². The number of ether oxygens (including phenoxy) is 1. The number of likely N-dealkylation sites (tertiary alicyclic amines) is 2. The third-order valence-electron chi connectivity index (χ3n) is 8.53. The lowest BCUT2D eigenvalue weighted by molar-refractivity contribution is -0.139. The smallest absolute Gasteiger partial charge is 0.229 e. The first kappa shape index (κ1) is 28.2. The molecule has 1 atom stereocenters. The second-order valence-corrected chi connectivity index (χ2v) is 11.4. The molecule has 6 nitrogen and oxygen atoms in total. The van der Waals surface area contributed by atoms with E-state index >= 15 is 0 Å². The van der Waals surface area contributed by atoms with Crippen LogP contribution in [0.25, 0.3) is 0 Å². The van der Waals surface area contributed by atoms with Crippen molar-refractivity contribution in [3.8, 4) is 5.75 Å². The Morgan fingerprint density at radius 1 is 0.950 bits per heavy atom. The van der Waals surface area contributed by atoms with Crippen molar-refractivity contribution in [1.82, 2.24) is 15.1 Å². The van der Waals surface area contributed by atoms with Crippen molar-refractivity contribution in [3.63, 3.8) is 0 Å². The summed E-state index contributed by atoms with van der Waals surface area (Å²) in [7, 11) is 1.66. The van der Waals surface area contributed by atoms with Gasteiger partial charge in [-0.1, -0.05) is 72.3 Å². The molecule has 2 aliphatic heterocycles. The molecule has 2 heterocycles. The number of nitrogens with zero attached hydrogens (tertiary/aromatic N) is 2. The first-order valence-electron chi connectivity index (χ1n) is 14.2. The Bertz CT molecular complexity index is 1290. The number of halogens is 1.